The van der Waals surface area contributed by atoms with Crippen LogP contribution in [0.15, 0.2) is 29.2 Å². The Balaban J connectivity index is 0.00000441. The molecule has 9 heteroatoms. The summed E-state index contributed by atoms with van der Waals surface area (Å²) in [5.41, 5.74) is 4.30. The zero-order valence-electron chi connectivity index (χ0n) is 12.2. The first kappa shape index (κ1) is 21.2. The minimum atomic E-state index is -4.73. The van der Waals surface area contributed by atoms with Crippen LogP contribution >= 0.6 is 12.4 Å². The molecule has 0 saturated heterocycles. The topological polar surface area (TPSA) is 72.2 Å². The maximum atomic E-state index is 12.9. The number of hydrogen-bond acceptors (Lipinski definition) is 3. The van der Waals surface area contributed by atoms with E-state index in [0.29, 0.717) is 6.42 Å². The molecule has 0 saturated carbocycles. The summed E-state index contributed by atoms with van der Waals surface area (Å²) in [6.07, 6.45) is -4.29. The van der Waals surface area contributed by atoms with Crippen LogP contribution in [0.25, 0.3) is 0 Å². The highest BCUT2D eigenvalue weighted by molar-refractivity contribution is 7.89. The van der Waals surface area contributed by atoms with E-state index in [1.165, 1.54) is 6.07 Å². The van der Waals surface area contributed by atoms with Crippen LogP contribution in [0.1, 0.15) is 25.8 Å². The Bertz CT molecular complexity index is 577. The fourth-order valence-electron chi connectivity index (χ4n) is 1.98. The van der Waals surface area contributed by atoms with Gasteiger partial charge >= 0.3 is 6.18 Å². The van der Waals surface area contributed by atoms with Crippen LogP contribution in [0.2, 0.25) is 0 Å². The van der Waals surface area contributed by atoms with E-state index in [2.05, 4.69) is 4.72 Å². The van der Waals surface area contributed by atoms with Gasteiger partial charge in [0.05, 0.1) is 10.5 Å². The molecule has 22 heavy (non-hydrogen) atoms. The summed E-state index contributed by atoms with van der Waals surface area (Å²) in [4.78, 5) is -0.778. The molecular weight excluding hydrogens is 341 g/mol. The first-order valence-electron chi connectivity index (χ1n) is 6.46. The Hall–Kier alpha value is -0.830. The van der Waals surface area contributed by atoms with Gasteiger partial charge in [-0.1, -0.05) is 26.0 Å². The van der Waals surface area contributed by atoms with Gasteiger partial charge in [-0.25, -0.2) is 13.1 Å². The number of sulfonamides is 1. The van der Waals surface area contributed by atoms with Gasteiger partial charge in [0, 0.05) is 12.6 Å². The van der Waals surface area contributed by atoms with Crippen LogP contribution in [0.5, 0.6) is 0 Å². The molecule has 0 fully saturated rings. The van der Waals surface area contributed by atoms with Gasteiger partial charge in [0.15, 0.2) is 0 Å². The van der Waals surface area contributed by atoms with E-state index in [4.69, 9.17) is 5.73 Å². The maximum absolute atomic E-state index is 12.9. The number of hydrogen-bond donors (Lipinski definition) is 2. The highest BCUT2D eigenvalue weighted by atomic mass is 35.5. The largest absolute Gasteiger partial charge is 0.417 e. The molecular formula is C13H20ClF3N2O2S. The molecule has 0 heterocycles. The molecule has 128 valence electrons. The second-order valence-corrected chi connectivity index (χ2v) is 6.86. The van der Waals surface area contributed by atoms with E-state index in [1.807, 2.05) is 13.8 Å². The average molecular weight is 361 g/mol. The predicted molar refractivity (Wildman–Crippen MR) is 81.3 cm³/mol. The molecule has 0 aromatic heterocycles. The van der Waals surface area contributed by atoms with Crippen molar-refractivity contribution in [3.8, 4) is 0 Å². The molecule has 0 aliphatic rings. The minimum Gasteiger partial charge on any atom is -0.329 e. The Morgan fingerprint density at radius 1 is 1.23 bits per heavy atom. The van der Waals surface area contributed by atoms with Crippen molar-refractivity contribution in [2.45, 2.75) is 37.4 Å². The van der Waals surface area contributed by atoms with Crippen LogP contribution in [0, 0.1) is 5.92 Å². The van der Waals surface area contributed by atoms with Crippen LogP contribution in [0.4, 0.5) is 13.2 Å². The van der Waals surface area contributed by atoms with Crippen LogP contribution in [0.3, 0.4) is 0 Å². The molecule has 1 aromatic rings. The fourth-order valence-corrected chi connectivity index (χ4v) is 3.47. The van der Waals surface area contributed by atoms with Gasteiger partial charge in [-0.05, 0) is 24.5 Å². The number of halogens is 4. The van der Waals surface area contributed by atoms with Crippen molar-refractivity contribution >= 4 is 22.4 Å². The molecule has 0 spiro atoms. The number of nitrogens with one attached hydrogen (secondary N) is 1. The summed E-state index contributed by atoms with van der Waals surface area (Å²) in [7, 11) is -4.28. The van der Waals surface area contributed by atoms with E-state index < -0.39 is 32.7 Å². The van der Waals surface area contributed by atoms with Gasteiger partial charge < -0.3 is 5.73 Å². The lowest BCUT2D eigenvalue weighted by Gasteiger charge is -2.20. The van der Waals surface area contributed by atoms with Crippen molar-refractivity contribution in [3.05, 3.63) is 29.8 Å². The molecule has 4 nitrogen and oxygen atoms in total. The van der Waals surface area contributed by atoms with Crippen LogP contribution < -0.4 is 10.5 Å². The second-order valence-electron chi connectivity index (χ2n) is 5.18. The molecule has 0 aliphatic carbocycles. The zero-order valence-corrected chi connectivity index (χ0v) is 13.9. The normalized spacial score (nSPS) is 13.8. The predicted octanol–water partition coefficient (Wildman–Crippen LogP) is 2.78. The molecule has 1 atom stereocenters. The summed E-state index contributed by atoms with van der Waals surface area (Å²) >= 11 is 0. The lowest BCUT2D eigenvalue weighted by Crippen LogP contribution is -2.41. The smallest absolute Gasteiger partial charge is 0.329 e. The highest BCUT2D eigenvalue weighted by Gasteiger charge is 2.37. The highest BCUT2D eigenvalue weighted by Crippen LogP contribution is 2.33. The van der Waals surface area contributed by atoms with Crippen molar-refractivity contribution in [2.75, 3.05) is 6.54 Å². The maximum Gasteiger partial charge on any atom is 0.417 e. The lowest BCUT2D eigenvalue weighted by atomic mass is 10.1. The Morgan fingerprint density at radius 3 is 2.23 bits per heavy atom. The van der Waals surface area contributed by atoms with Crippen molar-refractivity contribution < 1.29 is 21.6 Å². The van der Waals surface area contributed by atoms with Crippen molar-refractivity contribution in [1.29, 1.82) is 0 Å². The minimum absolute atomic E-state index is 0. The number of alkyl halides is 3. The Morgan fingerprint density at radius 2 is 1.77 bits per heavy atom. The van der Waals surface area contributed by atoms with Gasteiger partial charge in [0.25, 0.3) is 0 Å². The average Bonchev–Trinajstić information content (AvgIpc) is 2.36. The van der Waals surface area contributed by atoms with Gasteiger partial charge in [-0.15, -0.1) is 12.4 Å². The fraction of sp³-hybridized carbons (Fsp3) is 0.538. The van der Waals surface area contributed by atoms with E-state index in [0.717, 1.165) is 18.2 Å². The molecule has 1 aromatic carbocycles. The third-order valence-electron chi connectivity index (χ3n) is 2.84. The van der Waals surface area contributed by atoms with Gasteiger partial charge in [0.2, 0.25) is 10.0 Å². The second kappa shape index (κ2) is 8.14. The lowest BCUT2D eigenvalue weighted by molar-refractivity contribution is -0.139. The number of nitrogens with two attached hydrogens (primary N) is 1. The summed E-state index contributed by atoms with van der Waals surface area (Å²) in [6, 6.07) is 3.49. The Labute approximate surface area is 134 Å². The molecule has 3 N–H and O–H groups in total. The molecule has 1 unspecified atom stereocenters. The summed E-state index contributed by atoms with van der Waals surface area (Å²) in [6.45, 7) is 3.77. The van der Waals surface area contributed by atoms with Crippen LogP contribution in [-0.2, 0) is 16.2 Å². The molecule has 0 radical (unpaired) electrons. The monoisotopic (exact) mass is 360 g/mol. The van der Waals surface area contributed by atoms with Crippen LogP contribution in [-0.4, -0.2) is 21.0 Å². The third-order valence-corrected chi connectivity index (χ3v) is 4.42. The molecule has 0 bridgehead atoms. The summed E-state index contributed by atoms with van der Waals surface area (Å²) in [5.74, 6) is 0.166. The molecule has 1 rings (SSSR count). The van der Waals surface area contributed by atoms with Gasteiger partial charge in [0.1, 0.15) is 0 Å². The summed E-state index contributed by atoms with van der Waals surface area (Å²) in [5, 5.41) is 0. The van der Waals surface area contributed by atoms with E-state index >= 15 is 0 Å². The quantitative estimate of drug-likeness (QED) is 0.819. The third kappa shape index (κ3) is 5.75. The first-order valence-corrected chi connectivity index (χ1v) is 7.95. The first-order chi connectivity index (χ1) is 9.58. The summed E-state index contributed by atoms with van der Waals surface area (Å²) < 4.78 is 65.3. The number of benzene rings is 1. The van der Waals surface area contributed by atoms with Gasteiger partial charge in [-0.2, -0.15) is 13.2 Å². The van der Waals surface area contributed by atoms with Gasteiger partial charge in [-0.3, -0.25) is 0 Å². The van der Waals surface area contributed by atoms with Crippen molar-refractivity contribution in [3.63, 3.8) is 0 Å². The zero-order chi connectivity index (χ0) is 16.3. The van der Waals surface area contributed by atoms with E-state index in [9.17, 15) is 21.6 Å². The SMILES string of the molecule is CC(C)CC(CN)NS(=O)(=O)c1ccccc1C(F)(F)F.Cl. The van der Waals surface area contributed by atoms with E-state index in [-0.39, 0.29) is 24.9 Å². The standard InChI is InChI=1S/C13H19F3N2O2S.ClH/c1-9(2)7-10(8-17)18-21(19,20)12-6-4-3-5-11(12)13(14,15)16;/h3-6,9-10,18H,7-8,17H2,1-2H3;1H. The molecule has 0 amide bonds. The Kier molecular flexibility index (Phi) is 7.84. The van der Waals surface area contributed by atoms with E-state index in [1.54, 1.807) is 0 Å². The number of rotatable bonds is 6. The van der Waals surface area contributed by atoms with Crippen molar-refractivity contribution in [1.82, 2.24) is 4.72 Å². The molecule has 0 aliphatic heterocycles. The van der Waals surface area contributed by atoms with Crippen molar-refractivity contribution in [2.24, 2.45) is 11.7 Å².